The molecule has 1 aromatic rings. The number of nitrogens with two attached hydrogens (primary N) is 1. The zero-order valence-electron chi connectivity index (χ0n) is 13.1. The number of aryl methyl sites for hydroxylation is 1. The van der Waals surface area contributed by atoms with Crippen molar-refractivity contribution in [1.29, 1.82) is 0 Å². The smallest absolute Gasteiger partial charge is 0.0458 e. The second kappa shape index (κ2) is 7.11. The summed E-state index contributed by atoms with van der Waals surface area (Å²) < 4.78 is 0. The topological polar surface area (TPSA) is 29.3 Å². The molecule has 0 aliphatic heterocycles. The Kier molecular flexibility index (Phi) is 5.78. The molecule has 0 amide bonds. The predicted octanol–water partition coefficient (Wildman–Crippen LogP) is 4.52. The van der Waals surface area contributed by atoms with Crippen LogP contribution in [0.25, 0.3) is 0 Å². The lowest BCUT2D eigenvalue weighted by molar-refractivity contribution is 0.818. The van der Waals surface area contributed by atoms with Gasteiger partial charge in [-0.15, -0.1) is 0 Å². The number of hydrogen-bond donors (Lipinski definition) is 1. The fourth-order valence-corrected chi connectivity index (χ4v) is 2.15. The van der Waals surface area contributed by atoms with Crippen LogP contribution in [0.15, 0.2) is 54.9 Å². The third-order valence-corrected chi connectivity index (χ3v) is 3.19. The maximum Gasteiger partial charge on any atom is 0.0458 e. The first-order chi connectivity index (χ1) is 9.40. The van der Waals surface area contributed by atoms with Crippen molar-refractivity contribution in [2.45, 2.75) is 34.2 Å². The summed E-state index contributed by atoms with van der Waals surface area (Å²) in [4.78, 5) is 2.08. The second-order valence-corrected chi connectivity index (χ2v) is 5.44. The SMILES string of the molecule is C=CN(/C(=C/C(C)C)C(=C)C)c1ccc(CN)c(C)c1. The van der Waals surface area contributed by atoms with Gasteiger partial charge in [-0.3, -0.25) is 0 Å². The molecule has 0 atom stereocenters. The highest BCUT2D eigenvalue weighted by atomic mass is 15.1. The summed E-state index contributed by atoms with van der Waals surface area (Å²) in [6, 6.07) is 6.29. The predicted molar refractivity (Wildman–Crippen MR) is 89.5 cm³/mol. The van der Waals surface area contributed by atoms with Crippen molar-refractivity contribution in [3.63, 3.8) is 0 Å². The van der Waals surface area contributed by atoms with Crippen molar-refractivity contribution < 1.29 is 0 Å². The van der Waals surface area contributed by atoms with E-state index in [1.54, 1.807) is 0 Å². The zero-order valence-corrected chi connectivity index (χ0v) is 13.1. The quantitative estimate of drug-likeness (QED) is 0.770. The summed E-state index contributed by atoms with van der Waals surface area (Å²) in [5.74, 6) is 0.452. The molecule has 0 radical (unpaired) electrons. The molecule has 0 spiro atoms. The molecule has 0 aliphatic carbocycles. The molecule has 0 heterocycles. The number of anilines is 1. The summed E-state index contributed by atoms with van der Waals surface area (Å²) in [7, 11) is 0. The van der Waals surface area contributed by atoms with E-state index in [0.717, 1.165) is 17.0 Å². The van der Waals surface area contributed by atoms with Gasteiger partial charge in [0.1, 0.15) is 0 Å². The molecule has 2 nitrogen and oxygen atoms in total. The molecule has 0 unspecified atom stereocenters. The van der Waals surface area contributed by atoms with Crippen LogP contribution >= 0.6 is 0 Å². The molecule has 2 heteroatoms. The monoisotopic (exact) mass is 270 g/mol. The molecule has 0 aromatic heterocycles. The molecule has 0 saturated heterocycles. The fraction of sp³-hybridized carbons (Fsp3) is 0.333. The van der Waals surface area contributed by atoms with Gasteiger partial charge in [0.15, 0.2) is 0 Å². The van der Waals surface area contributed by atoms with Crippen LogP contribution in [0.1, 0.15) is 31.9 Å². The number of nitrogens with zero attached hydrogens (tertiary/aromatic N) is 1. The molecular formula is C18H26N2. The lowest BCUT2D eigenvalue weighted by Gasteiger charge is -2.25. The van der Waals surface area contributed by atoms with E-state index in [1.165, 1.54) is 11.1 Å². The minimum atomic E-state index is 0.452. The van der Waals surface area contributed by atoms with Crippen LogP contribution in [0.4, 0.5) is 5.69 Å². The first-order valence-corrected chi connectivity index (χ1v) is 6.99. The highest BCUT2D eigenvalue weighted by Crippen LogP contribution is 2.26. The zero-order chi connectivity index (χ0) is 15.3. The first-order valence-electron chi connectivity index (χ1n) is 6.99. The minimum absolute atomic E-state index is 0.452. The number of hydrogen-bond acceptors (Lipinski definition) is 2. The third kappa shape index (κ3) is 3.84. The molecule has 20 heavy (non-hydrogen) atoms. The highest BCUT2D eigenvalue weighted by molar-refractivity contribution is 5.61. The first kappa shape index (κ1) is 16.3. The Morgan fingerprint density at radius 1 is 1.40 bits per heavy atom. The normalized spacial score (nSPS) is 11.6. The van der Waals surface area contributed by atoms with Crippen molar-refractivity contribution >= 4 is 5.69 Å². The van der Waals surface area contributed by atoms with Gasteiger partial charge in [0, 0.05) is 24.1 Å². The molecule has 0 fully saturated rings. The third-order valence-electron chi connectivity index (χ3n) is 3.19. The van der Waals surface area contributed by atoms with Crippen molar-refractivity contribution in [2.24, 2.45) is 11.7 Å². The highest BCUT2D eigenvalue weighted by Gasteiger charge is 2.11. The van der Waals surface area contributed by atoms with Crippen molar-refractivity contribution in [2.75, 3.05) is 4.90 Å². The minimum Gasteiger partial charge on any atom is -0.326 e. The van der Waals surface area contributed by atoms with Crippen molar-refractivity contribution in [1.82, 2.24) is 0 Å². The average Bonchev–Trinajstić information content (AvgIpc) is 2.38. The number of allylic oxidation sites excluding steroid dienone is 2. The van der Waals surface area contributed by atoms with Gasteiger partial charge in [-0.2, -0.15) is 0 Å². The van der Waals surface area contributed by atoms with E-state index in [2.05, 4.69) is 63.1 Å². The van der Waals surface area contributed by atoms with E-state index in [0.29, 0.717) is 12.5 Å². The standard InChI is InChI=1S/C18H26N2/c1-7-20(18(14(4)5)10-13(2)3)17-9-8-16(12-19)15(6)11-17/h7-11,13H,1,4,12,19H2,2-3,5-6H3/b18-10+. The van der Waals surface area contributed by atoms with Gasteiger partial charge in [0.05, 0.1) is 0 Å². The Morgan fingerprint density at radius 3 is 2.45 bits per heavy atom. The summed E-state index contributed by atoms with van der Waals surface area (Å²) in [5.41, 5.74) is 11.3. The van der Waals surface area contributed by atoms with E-state index in [9.17, 15) is 0 Å². The molecule has 2 N–H and O–H groups in total. The Morgan fingerprint density at radius 2 is 2.05 bits per heavy atom. The Hall–Kier alpha value is -1.80. The van der Waals surface area contributed by atoms with Gasteiger partial charge in [0.2, 0.25) is 0 Å². The van der Waals surface area contributed by atoms with Crippen LogP contribution in [0.5, 0.6) is 0 Å². The molecule has 108 valence electrons. The molecule has 0 bridgehead atoms. The van der Waals surface area contributed by atoms with E-state index in [1.807, 2.05) is 13.1 Å². The van der Waals surface area contributed by atoms with Crippen molar-refractivity contribution in [3.05, 3.63) is 66.0 Å². The average molecular weight is 270 g/mol. The molecule has 0 aliphatic rings. The van der Waals surface area contributed by atoms with Gasteiger partial charge in [-0.25, -0.2) is 0 Å². The fourth-order valence-electron chi connectivity index (χ4n) is 2.15. The molecule has 0 saturated carbocycles. The Bertz CT molecular complexity index is 524. The van der Waals surface area contributed by atoms with Crippen LogP contribution in [-0.2, 0) is 6.54 Å². The van der Waals surface area contributed by atoms with Crippen LogP contribution in [0, 0.1) is 12.8 Å². The number of benzene rings is 1. The molecule has 1 rings (SSSR count). The maximum atomic E-state index is 5.72. The van der Waals surface area contributed by atoms with Gasteiger partial charge in [0.25, 0.3) is 0 Å². The van der Waals surface area contributed by atoms with Gasteiger partial charge >= 0.3 is 0 Å². The van der Waals surface area contributed by atoms with Gasteiger partial charge < -0.3 is 10.6 Å². The lowest BCUT2D eigenvalue weighted by Crippen LogP contribution is -2.17. The van der Waals surface area contributed by atoms with Crippen LogP contribution < -0.4 is 10.6 Å². The lowest BCUT2D eigenvalue weighted by atomic mass is 10.1. The second-order valence-electron chi connectivity index (χ2n) is 5.44. The van der Waals surface area contributed by atoms with E-state index >= 15 is 0 Å². The summed E-state index contributed by atoms with van der Waals surface area (Å²) in [5, 5.41) is 0. The molecule has 1 aromatic carbocycles. The van der Waals surface area contributed by atoms with Gasteiger partial charge in [-0.05, 0) is 48.6 Å². The van der Waals surface area contributed by atoms with Crippen LogP contribution in [-0.4, -0.2) is 0 Å². The van der Waals surface area contributed by atoms with Gasteiger partial charge in [-0.1, -0.05) is 39.1 Å². The molecular weight excluding hydrogens is 244 g/mol. The van der Waals surface area contributed by atoms with Crippen molar-refractivity contribution in [3.8, 4) is 0 Å². The Labute approximate surface area is 123 Å². The summed E-state index contributed by atoms with van der Waals surface area (Å²) in [6.07, 6.45) is 4.04. The summed E-state index contributed by atoms with van der Waals surface area (Å²) >= 11 is 0. The van der Waals surface area contributed by atoms with E-state index in [4.69, 9.17) is 5.73 Å². The Balaban J connectivity index is 3.27. The van der Waals surface area contributed by atoms with E-state index in [-0.39, 0.29) is 0 Å². The maximum absolute atomic E-state index is 5.72. The largest absolute Gasteiger partial charge is 0.326 e. The van der Waals surface area contributed by atoms with E-state index < -0.39 is 0 Å². The number of rotatable bonds is 6. The summed E-state index contributed by atoms with van der Waals surface area (Å²) in [6.45, 7) is 17.0. The van der Waals surface area contributed by atoms with Crippen LogP contribution in [0.3, 0.4) is 0 Å². The van der Waals surface area contributed by atoms with Crippen LogP contribution in [0.2, 0.25) is 0 Å².